The van der Waals surface area contributed by atoms with Gasteiger partial charge in [-0.05, 0) is 34.1 Å². The number of benzene rings is 2. The average Bonchev–Trinajstić information content (AvgIpc) is 2.83. The second-order valence-corrected chi connectivity index (χ2v) is 4.90. The lowest BCUT2D eigenvalue weighted by atomic mass is 10.2. The zero-order valence-corrected chi connectivity index (χ0v) is 11.3. The van der Waals surface area contributed by atoms with Crippen LogP contribution < -0.4 is 20.5 Å². The molecule has 0 atom stereocenters. The van der Waals surface area contributed by atoms with E-state index < -0.39 is 0 Å². The summed E-state index contributed by atoms with van der Waals surface area (Å²) in [6.07, 6.45) is 0. The standard InChI is InChI=1S/C13H10BrFN2O2/c14-8-4-10(16)11(5-9(8)15)17-7-1-2-12-13(3-7)19-6-18-12/h1-5,17H,6,16H2. The van der Waals surface area contributed by atoms with Gasteiger partial charge in [0.1, 0.15) is 5.82 Å². The highest BCUT2D eigenvalue weighted by Crippen LogP contribution is 2.36. The van der Waals surface area contributed by atoms with E-state index in [0.29, 0.717) is 27.3 Å². The molecule has 0 radical (unpaired) electrons. The Bertz CT molecular complexity index is 649. The fourth-order valence-electron chi connectivity index (χ4n) is 1.80. The molecule has 0 amide bonds. The number of ether oxygens (including phenoxy) is 2. The average molecular weight is 325 g/mol. The van der Waals surface area contributed by atoms with Crippen LogP contribution in [0.2, 0.25) is 0 Å². The van der Waals surface area contributed by atoms with Crippen LogP contribution in [-0.2, 0) is 0 Å². The maximum Gasteiger partial charge on any atom is 0.231 e. The number of nitrogen functional groups attached to an aromatic ring is 1. The quantitative estimate of drug-likeness (QED) is 0.828. The minimum atomic E-state index is -0.377. The Balaban J connectivity index is 1.91. The Morgan fingerprint density at radius 1 is 1.16 bits per heavy atom. The van der Waals surface area contributed by atoms with Crippen molar-refractivity contribution in [2.75, 3.05) is 17.8 Å². The number of fused-ring (bicyclic) bond motifs is 1. The van der Waals surface area contributed by atoms with E-state index in [1.54, 1.807) is 12.1 Å². The third kappa shape index (κ3) is 2.31. The van der Waals surface area contributed by atoms with Crippen molar-refractivity contribution in [2.24, 2.45) is 0 Å². The lowest BCUT2D eigenvalue weighted by Crippen LogP contribution is -1.97. The van der Waals surface area contributed by atoms with E-state index in [0.717, 1.165) is 5.69 Å². The molecule has 2 aromatic rings. The summed E-state index contributed by atoms with van der Waals surface area (Å²) < 4.78 is 24.3. The van der Waals surface area contributed by atoms with Gasteiger partial charge in [0.05, 0.1) is 15.8 Å². The summed E-state index contributed by atoms with van der Waals surface area (Å²) in [6, 6.07) is 8.24. The number of rotatable bonds is 2. The molecule has 3 rings (SSSR count). The molecule has 19 heavy (non-hydrogen) atoms. The fraction of sp³-hybridized carbons (Fsp3) is 0.0769. The van der Waals surface area contributed by atoms with Gasteiger partial charge in [-0.1, -0.05) is 0 Å². The smallest absolute Gasteiger partial charge is 0.231 e. The molecule has 0 aliphatic carbocycles. The van der Waals surface area contributed by atoms with Crippen LogP contribution in [-0.4, -0.2) is 6.79 Å². The van der Waals surface area contributed by atoms with Crippen LogP contribution in [0.25, 0.3) is 0 Å². The van der Waals surface area contributed by atoms with Gasteiger partial charge in [0.25, 0.3) is 0 Å². The van der Waals surface area contributed by atoms with E-state index in [2.05, 4.69) is 21.2 Å². The maximum atomic E-state index is 13.5. The number of nitrogens with two attached hydrogens (primary N) is 1. The normalized spacial score (nSPS) is 12.5. The molecule has 4 nitrogen and oxygen atoms in total. The molecule has 98 valence electrons. The van der Waals surface area contributed by atoms with Gasteiger partial charge < -0.3 is 20.5 Å². The van der Waals surface area contributed by atoms with Crippen LogP contribution >= 0.6 is 15.9 Å². The number of halogens is 2. The molecular weight excluding hydrogens is 315 g/mol. The zero-order valence-electron chi connectivity index (χ0n) is 9.74. The Hall–Kier alpha value is -1.95. The molecule has 1 aliphatic rings. The fourth-order valence-corrected chi connectivity index (χ4v) is 2.16. The van der Waals surface area contributed by atoms with Crippen LogP contribution in [0.15, 0.2) is 34.8 Å². The maximum absolute atomic E-state index is 13.5. The van der Waals surface area contributed by atoms with Gasteiger partial charge in [0, 0.05) is 17.8 Å². The molecule has 0 unspecified atom stereocenters. The van der Waals surface area contributed by atoms with Gasteiger partial charge in [-0.25, -0.2) is 4.39 Å². The SMILES string of the molecule is Nc1cc(Br)c(F)cc1Nc1ccc2c(c1)OCO2. The highest BCUT2D eigenvalue weighted by atomic mass is 79.9. The van der Waals surface area contributed by atoms with E-state index in [1.165, 1.54) is 12.1 Å². The van der Waals surface area contributed by atoms with E-state index >= 15 is 0 Å². The van der Waals surface area contributed by atoms with Gasteiger partial charge in [0.2, 0.25) is 6.79 Å². The minimum absolute atomic E-state index is 0.216. The number of hydrogen-bond donors (Lipinski definition) is 2. The van der Waals surface area contributed by atoms with Crippen molar-refractivity contribution in [2.45, 2.75) is 0 Å². The van der Waals surface area contributed by atoms with Gasteiger partial charge in [0.15, 0.2) is 11.5 Å². The first-order chi connectivity index (χ1) is 9.13. The first-order valence-electron chi connectivity index (χ1n) is 5.54. The molecule has 0 bridgehead atoms. The predicted octanol–water partition coefficient (Wildman–Crippen LogP) is 3.64. The van der Waals surface area contributed by atoms with E-state index in [-0.39, 0.29) is 12.6 Å². The lowest BCUT2D eigenvalue weighted by Gasteiger charge is -2.10. The van der Waals surface area contributed by atoms with Crippen molar-refractivity contribution < 1.29 is 13.9 Å². The number of anilines is 3. The molecule has 0 fully saturated rings. The first-order valence-corrected chi connectivity index (χ1v) is 6.34. The van der Waals surface area contributed by atoms with Gasteiger partial charge >= 0.3 is 0 Å². The van der Waals surface area contributed by atoms with Gasteiger partial charge in [-0.3, -0.25) is 0 Å². The van der Waals surface area contributed by atoms with Crippen molar-refractivity contribution in [3.63, 3.8) is 0 Å². The van der Waals surface area contributed by atoms with Crippen molar-refractivity contribution in [3.05, 3.63) is 40.6 Å². The summed E-state index contributed by atoms with van der Waals surface area (Å²) in [4.78, 5) is 0. The van der Waals surface area contributed by atoms with Crippen molar-refractivity contribution in [1.29, 1.82) is 0 Å². The molecule has 1 aliphatic heterocycles. The Morgan fingerprint density at radius 3 is 2.79 bits per heavy atom. The van der Waals surface area contributed by atoms with E-state index in [1.807, 2.05) is 6.07 Å². The van der Waals surface area contributed by atoms with Crippen molar-refractivity contribution in [1.82, 2.24) is 0 Å². The molecule has 2 aromatic carbocycles. The van der Waals surface area contributed by atoms with Gasteiger partial charge in [-0.2, -0.15) is 0 Å². The minimum Gasteiger partial charge on any atom is -0.454 e. The highest BCUT2D eigenvalue weighted by molar-refractivity contribution is 9.10. The molecular formula is C13H10BrFN2O2. The second kappa shape index (κ2) is 4.62. The molecule has 0 aromatic heterocycles. The second-order valence-electron chi connectivity index (χ2n) is 4.05. The van der Waals surface area contributed by atoms with Crippen LogP contribution in [0.4, 0.5) is 21.5 Å². The molecule has 3 N–H and O–H groups in total. The van der Waals surface area contributed by atoms with Crippen LogP contribution in [0.3, 0.4) is 0 Å². The largest absolute Gasteiger partial charge is 0.454 e. The first kappa shape index (κ1) is 12.1. The van der Waals surface area contributed by atoms with Gasteiger partial charge in [-0.15, -0.1) is 0 Å². The van der Waals surface area contributed by atoms with Crippen LogP contribution in [0.1, 0.15) is 0 Å². The number of nitrogens with one attached hydrogen (secondary N) is 1. The van der Waals surface area contributed by atoms with E-state index in [9.17, 15) is 4.39 Å². The third-order valence-electron chi connectivity index (χ3n) is 2.74. The topological polar surface area (TPSA) is 56.5 Å². The summed E-state index contributed by atoms with van der Waals surface area (Å²) in [7, 11) is 0. The highest BCUT2D eigenvalue weighted by Gasteiger charge is 2.14. The lowest BCUT2D eigenvalue weighted by molar-refractivity contribution is 0.174. The Kier molecular flexibility index (Phi) is 2.94. The van der Waals surface area contributed by atoms with Crippen LogP contribution in [0, 0.1) is 5.82 Å². The summed E-state index contributed by atoms with van der Waals surface area (Å²) >= 11 is 3.09. The Labute approximate surface area is 117 Å². The zero-order chi connectivity index (χ0) is 13.4. The monoisotopic (exact) mass is 324 g/mol. The Morgan fingerprint density at radius 2 is 1.95 bits per heavy atom. The van der Waals surface area contributed by atoms with E-state index in [4.69, 9.17) is 15.2 Å². The van der Waals surface area contributed by atoms with Crippen molar-refractivity contribution >= 4 is 33.0 Å². The molecule has 0 saturated heterocycles. The van der Waals surface area contributed by atoms with Crippen molar-refractivity contribution in [3.8, 4) is 11.5 Å². The summed E-state index contributed by atoms with van der Waals surface area (Å²) in [5.74, 6) is 0.971. The molecule has 0 spiro atoms. The summed E-state index contributed by atoms with van der Waals surface area (Å²) in [6.45, 7) is 0.216. The molecule has 0 saturated carbocycles. The predicted molar refractivity (Wildman–Crippen MR) is 74.4 cm³/mol. The molecule has 6 heteroatoms. The summed E-state index contributed by atoms with van der Waals surface area (Å²) in [5, 5.41) is 3.05. The molecule has 1 heterocycles. The van der Waals surface area contributed by atoms with Crippen LogP contribution in [0.5, 0.6) is 11.5 Å². The number of hydrogen-bond acceptors (Lipinski definition) is 4. The summed E-state index contributed by atoms with van der Waals surface area (Å²) in [5.41, 5.74) is 7.53. The third-order valence-corrected chi connectivity index (χ3v) is 3.35.